The van der Waals surface area contributed by atoms with Crippen molar-refractivity contribution in [2.24, 2.45) is 0 Å². The number of hydrogen-bond donors (Lipinski definition) is 0. The fraction of sp³-hybridized carbons (Fsp3) is 0.692. The summed E-state index contributed by atoms with van der Waals surface area (Å²) >= 11 is 3.27. The van der Waals surface area contributed by atoms with Crippen LogP contribution in [-0.4, -0.2) is 47.6 Å². The SMILES string of the molecule is [2H]C([2H])([2H])c1sc(N2C([2H])([2H])C([2H])([2H])N(C(=O)OC(C)(C)C)C([2H])([2H])C2([2H])[2H])nc1Br. The number of hydrogen-bond acceptors (Lipinski definition) is 5. The van der Waals surface area contributed by atoms with Gasteiger partial charge >= 0.3 is 6.09 Å². The molecule has 20 heavy (non-hydrogen) atoms. The van der Waals surface area contributed by atoms with Gasteiger partial charge in [0.25, 0.3) is 0 Å². The average molecular weight is 373 g/mol. The summed E-state index contributed by atoms with van der Waals surface area (Å²) in [6, 6.07) is 0. The van der Waals surface area contributed by atoms with Gasteiger partial charge in [0, 0.05) is 35.0 Å². The molecule has 1 aliphatic heterocycles. The third kappa shape index (κ3) is 3.85. The van der Waals surface area contributed by atoms with Gasteiger partial charge in [-0.15, -0.1) is 11.3 Å². The molecule has 0 aromatic carbocycles. The number of carbonyl (C=O) groups is 1. The molecule has 1 fully saturated rings. The van der Waals surface area contributed by atoms with Crippen LogP contribution in [0.5, 0.6) is 0 Å². The van der Waals surface area contributed by atoms with E-state index in [4.69, 9.17) is 19.8 Å². The molecule has 7 heteroatoms. The Morgan fingerprint density at radius 1 is 1.45 bits per heavy atom. The molecule has 1 aliphatic rings. The fourth-order valence-corrected chi connectivity index (χ4v) is 2.30. The van der Waals surface area contributed by atoms with E-state index >= 15 is 0 Å². The number of halogens is 1. The second-order valence-electron chi connectivity index (χ2n) is 4.71. The van der Waals surface area contributed by atoms with Gasteiger partial charge in [0.1, 0.15) is 10.2 Å². The second-order valence-corrected chi connectivity index (χ2v) is 6.44. The van der Waals surface area contributed by atoms with Crippen molar-refractivity contribution >= 4 is 38.5 Å². The Kier molecular flexibility index (Phi) is 1.92. The van der Waals surface area contributed by atoms with Gasteiger partial charge in [-0.1, -0.05) is 0 Å². The van der Waals surface area contributed by atoms with Crippen molar-refractivity contribution in [3.63, 3.8) is 0 Å². The average Bonchev–Trinajstić information content (AvgIpc) is 2.84. The third-order valence-corrected chi connectivity index (χ3v) is 3.58. The number of thiazole rings is 1. The van der Waals surface area contributed by atoms with E-state index in [-0.39, 0.29) is 19.3 Å². The number of nitrogens with zero attached hydrogens (tertiary/aromatic N) is 3. The Morgan fingerprint density at radius 3 is 2.60 bits per heavy atom. The molecule has 0 spiro atoms. The normalized spacial score (nSPS) is 35.3. The number of piperazine rings is 1. The van der Waals surface area contributed by atoms with Crippen molar-refractivity contribution < 1.29 is 24.6 Å². The fourth-order valence-electron chi connectivity index (χ4n) is 1.14. The zero-order valence-electron chi connectivity index (χ0n) is 21.9. The summed E-state index contributed by atoms with van der Waals surface area (Å²) in [5, 5.41) is -0.621. The second kappa shape index (κ2) is 5.89. The van der Waals surface area contributed by atoms with Crippen LogP contribution in [0.3, 0.4) is 0 Å². The predicted molar refractivity (Wildman–Crippen MR) is 84.6 cm³/mol. The number of aromatic nitrogens is 1. The molecule has 0 radical (unpaired) electrons. The summed E-state index contributed by atoms with van der Waals surface area (Å²) in [6.07, 6.45) is -1.60. The number of aryl methyl sites for hydroxylation is 1. The Morgan fingerprint density at radius 2 is 2.10 bits per heavy atom. The van der Waals surface area contributed by atoms with Gasteiger partial charge in [0.2, 0.25) is 0 Å². The molecule has 0 aliphatic carbocycles. The van der Waals surface area contributed by atoms with E-state index < -0.39 is 49.7 Å². The van der Waals surface area contributed by atoms with E-state index in [1.54, 1.807) is 0 Å². The van der Waals surface area contributed by atoms with Gasteiger partial charge < -0.3 is 14.5 Å². The Labute approximate surface area is 147 Å². The van der Waals surface area contributed by atoms with Gasteiger partial charge in [-0.25, -0.2) is 9.78 Å². The summed E-state index contributed by atoms with van der Waals surface area (Å²) < 4.78 is 93.6. The Balaban J connectivity index is 2.73. The lowest BCUT2D eigenvalue weighted by Crippen LogP contribution is -2.50. The Bertz CT molecular complexity index is 853. The van der Waals surface area contributed by atoms with E-state index in [1.165, 1.54) is 20.8 Å². The largest absolute Gasteiger partial charge is 0.444 e. The van der Waals surface area contributed by atoms with Crippen molar-refractivity contribution in [1.82, 2.24) is 9.88 Å². The van der Waals surface area contributed by atoms with Crippen molar-refractivity contribution in [3.05, 3.63) is 9.48 Å². The van der Waals surface area contributed by atoms with Gasteiger partial charge in [-0.05, 0) is 43.6 Å². The summed E-state index contributed by atoms with van der Waals surface area (Å²) in [5.74, 6) is 0. The van der Waals surface area contributed by atoms with Gasteiger partial charge in [-0.2, -0.15) is 0 Å². The van der Waals surface area contributed by atoms with E-state index in [2.05, 4.69) is 20.9 Å². The van der Waals surface area contributed by atoms with Crippen LogP contribution in [0.4, 0.5) is 9.93 Å². The zero-order chi connectivity index (χ0) is 24.6. The summed E-state index contributed by atoms with van der Waals surface area (Å²) in [4.78, 5) is 15.9. The lowest BCUT2D eigenvalue weighted by molar-refractivity contribution is 0.0240. The lowest BCUT2D eigenvalue weighted by Gasteiger charge is -2.35. The minimum Gasteiger partial charge on any atom is -0.444 e. The highest BCUT2D eigenvalue weighted by Gasteiger charge is 2.26. The third-order valence-electron chi connectivity index (χ3n) is 1.89. The highest BCUT2D eigenvalue weighted by molar-refractivity contribution is 9.10. The minimum atomic E-state index is -3.46. The number of amides is 1. The van der Waals surface area contributed by atoms with E-state index in [1.807, 2.05) is 0 Å². The molecule has 0 atom stereocenters. The first-order valence-corrected chi connectivity index (χ1v) is 7.11. The van der Waals surface area contributed by atoms with Crippen LogP contribution in [-0.2, 0) is 4.74 Å². The first-order valence-electron chi connectivity index (χ1n) is 11.0. The first-order chi connectivity index (χ1) is 13.5. The lowest BCUT2D eigenvalue weighted by atomic mass is 10.2. The van der Waals surface area contributed by atoms with Gasteiger partial charge in [0.05, 0.1) is 11.0 Å². The number of rotatable bonds is 1. The van der Waals surface area contributed by atoms with Crippen LogP contribution in [0.2, 0.25) is 0 Å². The zero-order valence-corrected chi connectivity index (χ0v) is 13.3. The molecule has 1 aromatic heterocycles. The summed E-state index contributed by atoms with van der Waals surface area (Å²) in [6.45, 7) is -12.1. The van der Waals surface area contributed by atoms with Gasteiger partial charge in [-0.3, -0.25) is 0 Å². The van der Waals surface area contributed by atoms with Gasteiger partial charge in [0.15, 0.2) is 5.13 Å². The van der Waals surface area contributed by atoms with Crippen molar-refractivity contribution in [1.29, 1.82) is 0 Å². The molecule has 1 saturated heterocycles. The van der Waals surface area contributed by atoms with Crippen LogP contribution in [0.1, 0.15) is 40.7 Å². The minimum absolute atomic E-state index is 0.0888. The maximum atomic E-state index is 12.6. The molecule has 0 N–H and O–H groups in total. The summed E-state index contributed by atoms with van der Waals surface area (Å²) in [7, 11) is 0. The molecular formula is C13H20BrN3O2S. The number of anilines is 1. The highest BCUT2D eigenvalue weighted by Crippen LogP contribution is 2.29. The molecule has 2 rings (SSSR count). The molecule has 0 unspecified atom stereocenters. The Hall–Kier alpha value is -0.820. The van der Waals surface area contributed by atoms with Crippen LogP contribution in [0.15, 0.2) is 4.60 Å². The maximum absolute atomic E-state index is 12.6. The number of carbonyl (C=O) groups excluding carboxylic acids is 1. The molecule has 0 bridgehead atoms. The molecule has 5 nitrogen and oxygen atoms in total. The van der Waals surface area contributed by atoms with Crippen molar-refractivity contribution in [2.45, 2.75) is 33.2 Å². The molecule has 1 amide bonds. The topological polar surface area (TPSA) is 45.7 Å². The van der Waals surface area contributed by atoms with Crippen LogP contribution < -0.4 is 4.90 Å². The van der Waals surface area contributed by atoms with E-state index in [0.717, 1.165) is 0 Å². The molecular weight excluding hydrogens is 342 g/mol. The maximum Gasteiger partial charge on any atom is 0.410 e. The summed E-state index contributed by atoms with van der Waals surface area (Å²) in [5.41, 5.74) is -1.20. The van der Waals surface area contributed by atoms with Crippen LogP contribution in [0, 0.1) is 6.85 Å². The quantitative estimate of drug-likeness (QED) is 0.758. The molecule has 2 heterocycles. The first kappa shape index (κ1) is 6.52. The smallest absolute Gasteiger partial charge is 0.410 e. The standard InChI is InChI=1S/C13H20BrN3O2S/c1-9-10(14)15-11(20-9)16-5-7-17(8-6-16)12(18)19-13(2,3)4/h5-8H2,1-4H3/i1D3,5D2,6D2,7D2,8D2. The molecule has 0 saturated carbocycles. The predicted octanol–water partition coefficient (Wildman–Crippen LogP) is 3.27. The van der Waals surface area contributed by atoms with E-state index in [0.29, 0.717) is 11.3 Å². The highest BCUT2D eigenvalue weighted by atomic mass is 79.9. The van der Waals surface area contributed by atoms with Crippen LogP contribution in [0.25, 0.3) is 0 Å². The molecule has 1 aromatic rings. The number of ether oxygens (including phenoxy) is 1. The monoisotopic (exact) mass is 372 g/mol. The molecule has 112 valence electrons. The van der Waals surface area contributed by atoms with E-state index in [9.17, 15) is 4.79 Å². The van der Waals surface area contributed by atoms with Crippen molar-refractivity contribution in [3.8, 4) is 0 Å². The van der Waals surface area contributed by atoms with Crippen LogP contribution >= 0.6 is 27.3 Å². The van der Waals surface area contributed by atoms with Crippen molar-refractivity contribution in [2.75, 3.05) is 30.9 Å².